The second kappa shape index (κ2) is 8.61. The third kappa shape index (κ3) is 5.13. The summed E-state index contributed by atoms with van der Waals surface area (Å²) < 4.78 is 0. The Bertz CT molecular complexity index is 834. The van der Waals surface area contributed by atoms with Crippen molar-refractivity contribution in [2.45, 2.75) is 0 Å². The monoisotopic (exact) mass is 406 g/mol. The van der Waals surface area contributed by atoms with E-state index < -0.39 is 5.91 Å². The minimum Gasteiger partial charge on any atom is -0.369 e. The Balaban J connectivity index is 1.50. The molecule has 0 bridgehead atoms. The van der Waals surface area contributed by atoms with E-state index in [0.717, 1.165) is 31.9 Å². The number of carbonyl (C=O) groups is 2. The fourth-order valence-electron chi connectivity index (χ4n) is 2.98. The lowest BCUT2D eigenvalue weighted by atomic mass is 10.1. The molecule has 1 aliphatic heterocycles. The maximum Gasteiger partial charge on any atom is 0.248 e. The van der Waals surface area contributed by atoms with Gasteiger partial charge in [-0.25, -0.2) is 0 Å². The van der Waals surface area contributed by atoms with Crippen LogP contribution in [0, 0.1) is 0 Å². The lowest BCUT2D eigenvalue weighted by Crippen LogP contribution is -2.48. The molecule has 0 saturated carbocycles. The molecule has 8 heteroatoms. The molecule has 1 fully saturated rings. The Morgan fingerprint density at radius 1 is 1.00 bits per heavy atom. The molecule has 0 aromatic heterocycles. The molecule has 27 heavy (non-hydrogen) atoms. The Morgan fingerprint density at radius 2 is 1.67 bits per heavy atom. The van der Waals surface area contributed by atoms with Crippen LogP contribution in [0.1, 0.15) is 10.4 Å². The number of carbonyl (C=O) groups excluding carboxylic acids is 2. The van der Waals surface area contributed by atoms with E-state index in [4.69, 9.17) is 28.9 Å². The maximum absolute atomic E-state index is 12.3. The number of anilines is 2. The number of piperazine rings is 1. The van der Waals surface area contributed by atoms with Crippen LogP contribution in [-0.2, 0) is 4.79 Å². The van der Waals surface area contributed by atoms with E-state index in [1.807, 2.05) is 12.1 Å². The van der Waals surface area contributed by atoms with Gasteiger partial charge in [-0.15, -0.1) is 0 Å². The molecular weight excluding hydrogens is 387 g/mol. The van der Waals surface area contributed by atoms with Gasteiger partial charge in [0.15, 0.2) is 0 Å². The number of primary amides is 1. The zero-order valence-electron chi connectivity index (χ0n) is 14.6. The highest BCUT2D eigenvalue weighted by atomic mass is 35.5. The van der Waals surface area contributed by atoms with Gasteiger partial charge < -0.3 is 16.0 Å². The quantitative estimate of drug-likeness (QED) is 0.799. The second-order valence-corrected chi connectivity index (χ2v) is 7.19. The molecule has 2 aromatic carbocycles. The minimum absolute atomic E-state index is 0.113. The van der Waals surface area contributed by atoms with Crippen molar-refractivity contribution in [3.63, 3.8) is 0 Å². The highest BCUT2D eigenvalue weighted by Gasteiger charge is 2.19. The van der Waals surface area contributed by atoms with E-state index in [0.29, 0.717) is 27.8 Å². The van der Waals surface area contributed by atoms with Crippen LogP contribution in [0.5, 0.6) is 0 Å². The summed E-state index contributed by atoms with van der Waals surface area (Å²) in [5.41, 5.74) is 7.36. The van der Waals surface area contributed by atoms with Gasteiger partial charge in [-0.05, 0) is 42.5 Å². The first kappa shape index (κ1) is 19.5. The number of nitrogens with one attached hydrogen (secondary N) is 1. The zero-order valence-corrected chi connectivity index (χ0v) is 16.1. The average Bonchev–Trinajstić information content (AvgIpc) is 2.65. The van der Waals surface area contributed by atoms with Crippen LogP contribution in [0.15, 0.2) is 42.5 Å². The molecule has 1 heterocycles. The fraction of sp³-hybridized carbons (Fsp3) is 0.263. The number of hydrogen-bond acceptors (Lipinski definition) is 4. The summed E-state index contributed by atoms with van der Waals surface area (Å²) in [5, 5.41) is 3.76. The zero-order chi connectivity index (χ0) is 19.4. The van der Waals surface area contributed by atoms with Crippen LogP contribution in [-0.4, -0.2) is 49.4 Å². The minimum atomic E-state index is -0.432. The standard InChI is InChI=1S/C19H20Cl2N4O2/c20-14-3-6-17(16(21)11-14)23-18(26)12-24-7-9-25(10-8-24)15-4-1-13(2-5-15)19(22)27/h1-6,11H,7-10,12H2,(H2,22,27)(H,23,26). The van der Waals surface area contributed by atoms with Crippen LogP contribution < -0.4 is 16.0 Å². The van der Waals surface area contributed by atoms with Gasteiger partial charge >= 0.3 is 0 Å². The number of nitrogens with two attached hydrogens (primary N) is 1. The van der Waals surface area contributed by atoms with Gasteiger partial charge in [0.25, 0.3) is 0 Å². The first-order valence-electron chi connectivity index (χ1n) is 8.54. The van der Waals surface area contributed by atoms with Gasteiger partial charge in [-0.2, -0.15) is 0 Å². The molecule has 0 spiro atoms. The van der Waals surface area contributed by atoms with E-state index in [2.05, 4.69) is 15.1 Å². The van der Waals surface area contributed by atoms with Crippen LogP contribution in [0.4, 0.5) is 11.4 Å². The summed E-state index contributed by atoms with van der Waals surface area (Å²) in [7, 11) is 0. The van der Waals surface area contributed by atoms with Gasteiger partial charge in [0.1, 0.15) is 0 Å². The maximum atomic E-state index is 12.3. The van der Waals surface area contributed by atoms with Crippen LogP contribution in [0.3, 0.4) is 0 Å². The van der Waals surface area contributed by atoms with Crippen LogP contribution in [0.2, 0.25) is 10.0 Å². The van der Waals surface area contributed by atoms with Crippen molar-refractivity contribution in [3.8, 4) is 0 Å². The van der Waals surface area contributed by atoms with Crippen molar-refractivity contribution in [3.05, 3.63) is 58.1 Å². The first-order valence-corrected chi connectivity index (χ1v) is 9.30. The molecule has 3 rings (SSSR count). The Morgan fingerprint density at radius 3 is 2.26 bits per heavy atom. The van der Waals surface area contributed by atoms with Gasteiger partial charge in [0.05, 0.1) is 17.3 Å². The molecule has 0 atom stereocenters. The molecule has 3 N–H and O–H groups in total. The van der Waals surface area contributed by atoms with Crippen LogP contribution >= 0.6 is 23.2 Å². The van der Waals surface area contributed by atoms with Crippen LogP contribution in [0.25, 0.3) is 0 Å². The molecule has 1 aliphatic rings. The summed E-state index contributed by atoms with van der Waals surface area (Å²) in [6.45, 7) is 3.42. The summed E-state index contributed by atoms with van der Waals surface area (Å²) in [6.07, 6.45) is 0. The van der Waals surface area contributed by atoms with Gasteiger partial charge in [0.2, 0.25) is 11.8 Å². The molecule has 2 aromatic rings. The number of benzene rings is 2. The molecule has 6 nitrogen and oxygen atoms in total. The molecular formula is C19H20Cl2N4O2. The predicted octanol–water partition coefficient (Wildman–Crippen LogP) is 2.85. The SMILES string of the molecule is NC(=O)c1ccc(N2CCN(CC(=O)Nc3ccc(Cl)cc3Cl)CC2)cc1. The molecule has 0 unspecified atom stereocenters. The van der Waals surface area contributed by atoms with Crippen molar-refractivity contribution in [2.75, 3.05) is 42.9 Å². The Kier molecular flexibility index (Phi) is 6.21. The lowest BCUT2D eigenvalue weighted by molar-refractivity contribution is -0.117. The number of nitrogens with zero attached hydrogens (tertiary/aromatic N) is 2. The summed E-state index contributed by atoms with van der Waals surface area (Å²) in [5.74, 6) is -0.545. The molecule has 142 valence electrons. The number of halogens is 2. The third-order valence-corrected chi connectivity index (χ3v) is 5.01. The highest BCUT2D eigenvalue weighted by molar-refractivity contribution is 6.36. The summed E-state index contributed by atoms with van der Waals surface area (Å²) >= 11 is 12.0. The van der Waals surface area contributed by atoms with Crippen molar-refractivity contribution in [2.24, 2.45) is 5.73 Å². The van der Waals surface area contributed by atoms with Crippen molar-refractivity contribution >= 4 is 46.4 Å². The Hall–Kier alpha value is -2.28. The van der Waals surface area contributed by atoms with Gasteiger partial charge in [-0.1, -0.05) is 23.2 Å². The van der Waals surface area contributed by atoms with E-state index in [1.54, 1.807) is 30.3 Å². The molecule has 2 amide bonds. The average molecular weight is 407 g/mol. The highest BCUT2D eigenvalue weighted by Crippen LogP contribution is 2.25. The molecule has 0 radical (unpaired) electrons. The second-order valence-electron chi connectivity index (χ2n) is 6.35. The predicted molar refractivity (Wildman–Crippen MR) is 109 cm³/mol. The van der Waals surface area contributed by atoms with E-state index in [-0.39, 0.29) is 5.91 Å². The van der Waals surface area contributed by atoms with E-state index in [1.165, 1.54) is 0 Å². The number of amides is 2. The topological polar surface area (TPSA) is 78.7 Å². The normalized spacial score (nSPS) is 14.8. The van der Waals surface area contributed by atoms with Crippen molar-refractivity contribution in [1.29, 1.82) is 0 Å². The summed E-state index contributed by atoms with van der Waals surface area (Å²) in [6, 6.07) is 12.2. The third-order valence-electron chi connectivity index (χ3n) is 4.46. The largest absolute Gasteiger partial charge is 0.369 e. The van der Waals surface area contributed by atoms with Crippen molar-refractivity contribution in [1.82, 2.24) is 4.90 Å². The number of rotatable bonds is 5. The Labute approximate surface area is 167 Å². The number of hydrogen-bond donors (Lipinski definition) is 2. The van der Waals surface area contributed by atoms with Gasteiger partial charge in [-0.3, -0.25) is 14.5 Å². The molecule has 0 aliphatic carbocycles. The molecule has 1 saturated heterocycles. The van der Waals surface area contributed by atoms with Gasteiger partial charge in [0, 0.05) is 42.5 Å². The van der Waals surface area contributed by atoms with E-state index in [9.17, 15) is 9.59 Å². The van der Waals surface area contributed by atoms with E-state index >= 15 is 0 Å². The smallest absolute Gasteiger partial charge is 0.248 e. The lowest BCUT2D eigenvalue weighted by Gasteiger charge is -2.35. The van der Waals surface area contributed by atoms with Crippen molar-refractivity contribution < 1.29 is 9.59 Å². The fourth-order valence-corrected chi connectivity index (χ4v) is 3.44. The summed E-state index contributed by atoms with van der Waals surface area (Å²) in [4.78, 5) is 27.7. The first-order chi connectivity index (χ1) is 12.9.